The van der Waals surface area contributed by atoms with Gasteiger partial charge in [-0.25, -0.2) is 4.98 Å². The Morgan fingerprint density at radius 3 is 2.52 bits per heavy atom. The van der Waals surface area contributed by atoms with Gasteiger partial charge in [-0.3, -0.25) is 14.9 Å². The molecule has 33 heavy (non-hydrogen) atoms. The number of hydrogen-bond acceptors (Lipinski definition) is 6. The number of alkyl halides is 3. The molecule has 7 nitrogen and oxygen atoms in total. The highest BCUT2D eigenvalue weighted by Crippen LogP contribution is 2.37. The number of nitrogens with two attached hydrogens (primary N) is 1. The van der Waals surface area contributed by atoms with Gasteiger partial charge in [-0.1, -0.05) is 23.7 Å². The summed E-state index contributed by atoms with van der Waals surface area (Å²) in [4.78, 5) is 28.4. The van der Waals surface area contributed by atoms with Crippen molar-refractivity contribution in [3.63, 3.8) is 0 Å². The van der Waals surface area contributed by atoms with Crippen molar-refractivity contribution in [3.8, 4) is 11.5 Å². The van der Waals surface area contributed by atoms with Gasteiger partial charge in [0.15, 0.2) is 23.2 Å². The Hall–Kier alpha value is -3.31. The van der Waals surface area contributed by atoms with Crippen LogP contribution in [0.5, 0.6) is 11.5 Å². The molecule has 1 heterocycles. The summed E-state index contributed by atoms with van der Waals surface area (Å²) in [5, 5.41) is 2.97. The van der Waals surface area contributed by atoms with Crippen LogP contribution in [-0.2, 0) is 17.4 Å². The smallest absolute Gasteiger partial charge is 0.416 e. The average molecular weight is 500 g/mol. The van der Waals surface area contributed by atoms with Crippen LogP contribution in [0.2, 0.25) is 5.02 Å². The molecule has 12 heteroatoms. The Morgan fingerprint density at radius 1 is 1.21 bits per heavy atom. The molecule has 0 unspecified atom stereocenters. The molecule has 174 valence electrons. The maximum absolute atomic E-state index is 12.7. The van der Waals surface area contributed by atoms with Gasteiger partial charge in [0.05, 0.1) is 17.7 Å². The molecular weight excluding hydrogens is 483 g/mol. The number of carbonyl (C=O) groups is 2. The minimum atomic E-state index is -4.39. The predicted molar refractivity (Wildman–Crippen MR) is 117 cm³/mol. The third-order valence-electron chi connectivity index (χ3n) is 4.28. The maximum atomic E-state index is 12.7. The summed E-state index contributed by atoms with van der Waals surface area (Å²) in [5.41, 5.74) is 5.17. The molecule has 3 rings (SSSR count). The van der Waals surface area contributed by atoms with Crippen LogP contribution in [0, 0.1) is 0 Å². The molecule has 0 saturated heterocycles. The lowest BCUT2D eigenvalue weighted by Crippen LogP contribution is -2.20. The zero-order valence-electron chi connectivity index (χ0n) is 17.0. The van der Waals surface area contributed by atoms with Crippen LogP contribution in [0.4, 0.5) is 18.3 Å². The number of aromatic nitrogens is 1. The zero-order valence-corrected chi connectivity index (χ0v) is 18.6. The van der Waals surface area contributed by atoms with E-state index in [9.17, 15) is 22.8 Å². The van der Waals surface area contributed by atoms with Crippen molar-refractivity contribution in [2.24, 2.45) is 5.73 Å². The van der Waals surface area contributed by atoms with Crippen molar-refractivity contribution in [1.29, 1.82) is 0 Å². The van der Waals surface area contributed by atoms with Gasteiger partial charge in [0.2, 0.25) is 0 Å². The van der Waals surface area contributed by atoms with Gasteiger partial charge in [-0.15, -0.1) is 11.3 Å². The van der Waals surface area contributed by atoms with E-state index < -0.39 is 30.2 Å². The zero-order chi connectivity index (χ0) is 24.2. The van der Waals surface area contributed by atoms with Crippen molar-refractivity contribution >= 4 is 39.9 Å². The normalized spacial score (nSPS) is 11.2. The highest BCUT2D eigenvalue weighted by Gasteiger charge is 2.29. The van der Waals surface area contributed by atoms with Gasteiger partial charge in [0.25, 0.3) is 11.8 Å². The third-order valence-corrected chi connectivity index (χ3v) is 5.48. The lowest BCUT2D eigenvalue weighted by atomic mass is 10.1. The second kappa shape index (κ2) is 10.1. The summed E-state index contributed by atoms with van der Waals surface area (Å²) in [6.07, 6.45) is -2.50. The first-order chi connectivity index (χ1) is 15.6. The van der Waals surface area contributed by atoms with Gasteiger partial charge in [0.1, 0.15) is 0 Å². The number of methoxy groups -OCH3 is 1. The van der Waals surface area contributed by atoms with E-state index in [1.807, 2.05) is 0 Å². The minimum Gasteiger partial charge on any atom is -0.493 e. The summed E-state index contributed by atoms with van der Waals surface area (Å²) in [6, 6.07) is 7.56. The van der Waals surface area contributed by atoms with E-state index >= 15 is 0 Å². The lowest BCUT2D eigenvalue weighted by Gasteiger charge is -2.13. The van der Waals surface area contributed by atoms with Gasteiger partial charge < -0.3 is 15.2 Å². The lowest BCUT2D eigenvalue weighted by molar-refractivity contribution is -0.137. The molecule has 0 radical (unpaired) electrons. The Bertz CT molecular complexity index is 1170. The van der Waals surface area contributed by atoms with E-state index in [1.54, 1.807) is 0 Å². The highest BCUT2D eigenvalue weighted by molar-refractivity contribution is 7.15. The fourth-order valence-corrected chi connectivity index (χ4v) is 3.87. The van der Waals surface area contributed by atoms with Crippen molar-refractivity contribution in [2.75, 3.05) is 19.0 Å². The van der Waals surface area contributed by atoms with Gasteiger partial charge in [-0.05, 0) is 29.8 Å². The van der Waals surface area contributed by atoms with Crippen LogP contribution in [0.1, 0.15) is 26.4 Å². The summed E-state index contributed by atoms with van der Waals surface area (Å²) in [5.74, 6) is -1.02. The maximum Gasteiger partial charge on any atom is 0.416 e. The van der Waals surface area contributed by atoms with Crippen LogP contribution < -0.4 is 20.5 Å². The van der Waals surface area contributed by atoms with E-state index in [4.69, 9.17) is 26.8 Å². The molecule has 0 aliphatic rings. The summed E-state index contributed by atoms with van der Waals surface area (Å²) in [7, 11) is 1.35. The van der Waals surface area contributed by atoms with Crippen LogP contribution in [-0.4, -0.2) is 30.5 Å². The molecule has 0 fully saturated rings. The SMILES string of the molecule is COc1cc(C(=O)Nc2ncc(Cc3ccc(C(F)(F)F)cc3)s2)cc(Cl)c1OCC(N)=O. The Labute approximate surface area is 195 Å². The fraction of sp³-hybridized carbons (Fsp3) is 0.190. The second-order valence-electron chi connectivity index (χ2n) is 6.70. The standard InChI is InChI=1S/C21H17ClF3N3O4S/c1-31-16-8-12(7-15(22)18(16)32-10-17(26)29)19(30)28-20-27-9-14(33-20)6-11-2-4-13(5-3-11)21(23,24)25/h2-5,7-9H,6,10H2,1H3,(H2,26,29)(H,27,28,30). The molecule has 2 aromatic carbocycles. The first-order valence-corrected chi connectivity index (χ1v) is 10.5. The number of ether oxygens (including phenoxy) is 2. The van der Waals surface area contributed by atoms with Gasteiger partial charge in [0, 0.05) is 23.1 Å². The minimum absolute atomic E-state index is 0.0443. The summed E-state index contributed by atoms with van der Waals surface area (Å²) in [6.45, 7) is -0.414. The quantitative estimate of drug-likeness (QED) is 0.474. The van der Waals surface area contributed by atoms with E-state index in [1.165, 1.54) is 48.9 Å². The monoisotopic (exact) mass is 499 g/mol. The molecule has 0 aliphatic carbocycles. The number of primary amides is 1. The highest BCUT2D eigenvalue weighted by atomic mass is 35.5. The molecule has 1 aromatic heterocycles. The van der Waals surface area contributed by atoms with Crippen LogP contribution in [0.15, 0.2) is 42.6 Å². The second-order valence-corrected chi connectivity index (χ2v) is 8.22. The number of benzene rings is 2. The molecule has 0 aliphatic heterocycles. The number of nitrogens with zero attached hydrogens (tertiary/aromatic N) is 1. The van der Waals surface area contributed by atoms with Gasteiger partial charge in [-0.2, -0.15) is 13.2 Å². The van der Waals surface area contributed by atoms with Gasteiger partial charge >= 0.3 is 6.18 Å². The Kier molecular flexibility index (Phi) is 7.44. The van der Waals surface area contributed by atoms with Crippen LogP contribution in [0.25, 0.3) is 0 Å². The number of carbonyl (C=O) groups excluding carboxylic acids is 2. The van der Waals surface area contributed by atoms with Crippen molar-refractivity contribution in [3.05, 3.63) is 69.2 Å². The number of thiazole rings is 1. The molecule has 0 bridgehead atoms. The number of nitrogens with one attached hydrogen (secondary N) is 1. The number of halogens is 4. The number of rotatable bonds is 8. The fourth-order valence-electron chi connectivity index (χ4n) is 2.76. The molecule has 2 amide bonds. The van der Waals surface area contributed by atoms with E-state index in [2.05, 4.69) is 10.3 Å². The van der Waals surface area contributed by atoms with E-state index in [0.717, 1.165) is 17.0 Å². The van der Waals surface area contributed by atoms with Crippen LogP contribution in [0.3, 0.4) is 0 Å². The topological polar surface area (TPSA) is 104 Å². The summed E-state index contributed by atoms with van der Waals surface area (Å²) >= 11 is 7.34. The van der Waals surface area contributed by atoms with Crippen molar-refractivity contribution in [2.45, 2.75) is 12.6 Å². The van der Waals surface area contributed by atoms with Crippen LogP contribution >= 0.6 is 22.9 Å². The molecular formula is C21H17ClF3N3O4S. The Balaban J connectivity index is 1.69. The summed E-state index contributed by atoms with van der Waals surface area (Å²) < 4.78 is 48.5. The molecule has 3 N–H and O–H groups in total. The third kappa shape index (κ3) is 6.36. The molecule has 0 atom stereocenters. The molecule has 0 saturated carbocycles. The molecule has 3 aromatic rings. The number of anilines is 1. The first-order valence-electron chi connectivity index (χ1n) is 9.27. The van der Waals surface area contributed by atoms with E-state index in [-0.39, 0.29) is 22.1 Å². The Morgan fingerprint density at radius 2 is 1.91 bits per heavy atom. The molecule has 0 spiro atoms. The largest absolute Gasteiger partial charge is 0.493 e. The first kappa shape index (κ1) is 24.3. The van der Waals surface area contributed by atoms with Crippen molar-refractivity contribution in [1.82, 2.24) is 4.98 Å². The van der Waals surface area contributed by atoms with E-state index in [0.29, 0.717) is 17.1 Å². The number of amides is 2. The predicted octanol–water partition coefficient (Wildman–Crippen LogP) is 4.53. The average Bonchev–Trinajstić information content (AvgIpc) is 3.18. The number of hydrogen-bond donors (Lipinski definition) is 2. The van der Waals surface area contributed by atoms with Crippen molar-refractivity contribution < 1.29 is 32.2 Å².